The van der Waals surface area contributed by atoms with Crippen molar-refractivity contribution in [3.05, 3.63) is 60.2 Å². The number of rotatable bonds is 5. The fourth-order valence-corrected chi connectivity index (χ4v) is 4.61. The molecule has 0 amide bonds. The molecule has 29 heavy (non-hydrogen) atoms. The molecule has 3 rings (SSSR count). The van der Waals surface area contributed by atoms with Crippen molar-refractivity contribution in [2.75, 3.05) is 0 Å². The fraction of sp³-hybridized carbons (Fsp3) is 0.417. The molecule has 1 aliphatic rings. The van der Waals surface area contributed by atoms with E-state index in [1.165, 1.54) is 6.07 Å². The highest BCUT2D eigenvalue weighted by Crippen LogP contribution is 2.46. The van der Waals surface area contributed by atoms with Gasteiger partial charge >= 0.3 is 0 Å². The van der Waals surface area contributed by atoms with Crippen molar-refractivity contribution in [2.24, 2.45) is 23.7 Å². The first-order chi connectivity index (χ1) is 13.8. The third-order valence-corrected chi connectivity index (χ3v) is 6.33. The summed E-state index contributed by atoms with van der Waals surface area (Å²) in [6, 6.07) is 10.2. The van der Waals surface area contributed by atoms with Gasteiger partial charge in [0.15, 0.2) is 6.29 Å². The Bertz CT molecular complexity index is 880. The Kier molecular flexibility index (Phi) is 6.30. The van der Waals surface area contributed by atoms with E-state index in [-0.39, 0.29) is 23.6 Å². The number of benzene rings is 1. The minimum atomic E-state index is -1.54. The van der Waals surface area contributed by atoms with E-state index in [0.717, 1.165) is 0 Å². The lowest BCUT2D eigenvalue weighted by molar-refractivity contribution is -0.155. The van der Waals surface area contributed by atoms with E-state index < -0.39 is 17.6 Å². The van der Waals surface area contributed by atoms with Gasteiger partial charge in [0.1, 0.15) is 11.4 Å². The number of aromatic nitrogens is 1. The third kappa shape index (κ3) is 4.31. The molecule has 0 aliphatic heterocycles. The summed E-state index contributed by atoms with van der Waals surface area (Å²) in [5.74, 6) is -0.743. The Labute approximate surface area is 171 Å². The molecule has 1 aromatic carbocycles. The maximum atomic E-state index is 14.0. The van der Waals surface area contributed by atoms with Crippen molar-refractivity contribution in [2.45, 2.75) is 38.9 Å². The van der Waals surface area contributed by atoms with E-state index >= 15 is 0 Å². The topological polar surface area (TPSA) is 70.4 Å². The largest absolute Gasteiger partial charge is 0.393 e. The van der Waals surface area contributed by atoms with Crippen LogP contribution in [0.4, 0.5) is 4.39 Å². The number of halogens is 1. The summed E-state index contributed by atoms with van der Waals surface area (Å²) in [5.41, 5.74) is 0.332. The third-order valence-electron chi connectivity index (χ3n) is 6.33. The van der Waals surface area contributed by atoms with E-state index in [2.05, 4.69) is 11.9 Å². The number of allylic oxidation sites excluding steroid dienone is 1. The SMILES string of the molecule is CC(O)C1C(/C=C/c2ccc(-c3ccccc3F)cn2)C(C)C(C)CC1(O)C=O. The van der Waals surface area contributed by atoms with Crippen molar-refractivity contribution < 1.29 is 19.4 Å². The van der Waals surface area contributed by atoms with Gasteiger partial charge in [-0.05, 0) is 49.3 Å². The second-order valence-corrected chi connectivity index (χ2v) is 8.30. The van der Waals surface area contributed by atoms with Gasteiger partial charge in [0.2, 0.25) is 0 Å². The van der Waals surface area contributed by atoms with Crippen molar-refractivity contribution in [1.82, 2.24) is 4.98 Å². The monoisotopic (exact) mass is 397 g/mol. The molecule has 1 fully saturated rings. The van der Waals surface area contributed by atoms with Gasteiger partial charge in [-0.15, -0.1) is 0 Å². The molecule has 154 valence electrons. The second-order valence-electron chi connectivity index (χ2n) is 8.30. The Morgan fingerprint density at radius 2 is 1.97 bits per heavy atom. The van der Waals surface area contributed by atoms with Crippen molar-refractivity contribution in [1.29, 1.82) is 0 Å². The van der Waals surface area contributed by atoms with Crippen LogP contribution in [0.5, 0.6) is 0 Å². The zero-order valence-corrected chi connectivity index (χ0v) is 17.0. The maximum Gasteiger partial charge on any atom is 0.151 e. The number of nitrogens with zero attached hydrogens (tertiary/aromatic N) is 1. The molecular weight excluding hydrogens is 369 g/mol. The van der Waals surface area contributed by atoms with Crippen LogP contribution in [0.25, 0.3) is 17.2 Å². The van der Waals surface area contributed by atoms with E-state index in [0.29, 0.717) is 29.5 Å². The van der Waals surface area contributed by atoms with Crippen LogP contribution in [0.2, 0.25) is 0 Å². The molecule has 2 N–H and O–H groups in total. The summed E-state index contributed by atoms with van der Waals surface area (Å²) >= 11 is 0. The summed E-state index contributed by atoms with van der Waals surface area (Å²) in [6.07, 6.45) is 5.48. The van der Waals surface area contributed by atoms with Crippen LogP contribution < -0.4 is 0 Å². The summed E-state index contributed by atoms with van der Waals surface area (Å²) in [5, 5.41) is 21.1. The molecule has 1 aromatic heterocycles. The first-order valence-electron chi connectivity index (χ1n) is 10.0. The normalized spacial score (nSPS) is 31.0. The fourth-order valence-electron chi connectivity index (χ4n) is 4.61. The summed E-state index contributed by atoms with van der Waals surface area (Å²) in [7, 11) is 0. The Balaban J connectivity index is 1.86. The standard InChI is InChI=1S/C24H28FNO3/c1-15-12-24(29,14-27)23(17(3)28)20(16(15)2)11-10-19-9-8-18(13-26-19)21-6-4-5-7-22(21)25/h4-11,13-17,20,23,28-29H,12H2,1-3H3/b11-10+. The first kappa shape index (κ1) is 21.3. The number of aliphatic hydroxyl groups excluding tert-OH is 1. The summed E-state index contributed by atoms with van der Waals surface area (Å²) in [6.45, 7) is 5.71. The molecule has 1 aliphatic carbocycles. The lowest BCUT2D eigenvalue weighted by atomic mass is 9.59. The van der Waals surface area contributed by atoms with E-state index in [9.17, 15) is 19.4 Å². The number of carbonyl (C=O) groups excluding carboxylic acids is 1. The number of hydrogen-bond acceptors (Lipinski definition) is 4. The molecule has 5 heteroatoms. The highest BCUT2D eigenvalue weighted by molar-refractivity contribution is 5.65. The van der Waals surface area contributed by atoms with Crippen molar-refractivity contribution in [3.8, 4) is 11.1 Å². The zero-order valence-electron chi connectivity index (χ0n) is 17.0. The van der Waals surface area contributed by atoms with Crippen LogP contribution in [0.15, 0.2) is 48.7 Å². The predicted octanol–water partition coefficient (Wildman–Crippen LogP) is 4.12. The number of aliphatic hydroxyl groups is 2. The quantitative estimate of drug-likeness (QED) is 0.745. The Morgan fingerprint density at radius 3 is 2.55 bits per heavy atom. The molecular formula is C24H28FNO3. The average molecular weight is 397 g/mol. The summed E-state index contributed by atoms with van der Waals surface area (Å²) in [4.78, 5) is 16.0. The molecule has 0 spiro atoms. The van der Waals surface area contributed by atoms with Gasteiger partial charge in [-0.2, -0.15) is 0 Å². The zero-order chi connectivity index (χ0) is 21.2. The molecule has 1 saturated carbocycles. The highest BCUT2D eigenvalue weighted by atomic mass is 19.1. The molecule has 1 heterocycles. The smallest absolute Gasteiger partial charge is 0.151 e. The van der Waals surface area contributed by atoms with Crippen LogP contribution >= 0.6 is 0 Å². The second kappa shape index (κ2) is 8.56. The lowest BCUT2D eigenvalue weighted by Gasteiger charge is -2.48. The number of hydrogen-bond donors (Lipinski definition) is 2. The van der Waals surface area contributed by atoms with Crippen molar-refractivity contribution in [3.63, 3.8) is 0 Å². The molecule has 6 atom stereocenters. The van der Waals surface area contributed by atoms with Gasteiger partial charge in [0, 0.05) is 23.2 Å². The van der Waals surface area contributed by atoms with Crippen molar-refractivity contribution >= 4 is 12.4 Å². The number of aldehydes is 1. The van der Waals surface area contributed by atoms with Gasteiger partial charge in [-0.3, -0.25) is 4.98 Å². The van der Waals surface area contributed by atoms with Crippen LogP contribution in [-0.4, -0.2) is 33.2 Å². The minimum Gasteiger partial charge on any atom is -0.393 e. The minimum absolute atomic E-state index is 0.131. The average Bonchev–Trinajstić information content (AvgIpc) is 2.70. The molecule has 0 radical (unpaired) electrons. The first-order valence-corrected chi connectivity index (χ1v) is 10.0. The Hall–Kier alpha value is -2.37. The number of pyridine rings is 1. The van der Waals surface area contributed by atoms with Crippen LogP contribution in [0, 0.1) is 29.5 Å². The molecule has 0 saturated heterocycles. The van der Waals surface area contributed by atoms with Crippen LogP contribution in [0.3, 0.4) is 0 Å². The molecule has 6 unspecified atom stereocenters. The summed E-state index contributed by atoms with van der Waals surface area (Å²) < 4.78 is 14.0. The van der Waals surface area contributed by atoms with Gasteiger partial charge in [0.25, 0.3) is 0 Å². The van der Waals surface area contributed by atoms with Gasteiger partial charge in [-0.1, -0.05) is 44.2 Å². The van der Waals surface area contributed by atoms with E-state index in [1.54, 1.807) is 37.4 Å². The van der Waals surface area contributed by atoms with E-state index in [4.69, 9.17) is 0 Å². The lowest BCUT2D eigenvalue weighted by Crippen LogP contribution is -2.55. The van der Waals surface area contributed by atoms with Gasteiger partial charge in [0.05, 0.1) is 11.8 Å². The molecule has 2 aromatic rings. The Morgan fingerprint density at radius 1 is 1.24 bits per heavy atom. The van der Waals surface area contributed by atoms with E-state index in [1.807, 2.05) is 25.1 Å². The van der Waals surface area contributed by atoms with Crippen LogP contribution in [0.1, 0.15) is 32.9 Å². The van der Waals surface area contributed by atoms with Gasteiger partial charge in [-0.25, -0.2) is 4.39 Å². The molecule has 4 nitrogen and oxygen atoms in total. The highest BCUT2D eigenvalue weighted by Gasteiger charge is 2.51. The maximum absolute atomic E-state index is 14.0. The number of carbonyl (C=O) groups is 1. The van der Waals surface area contributed by atoms with Crippen LogP contribution in [-0.2, 0) is 4.79 Å². The predicted molar refractivity (Wildman–Crippen MR) is 111 cm³/mol. The van der Waals surface area contributed by atoms with Gasteiger partial charge < -0.3 is 15.0 Å². The molecule has 0 bridgehead atoms.